The van der Waals surface area contributed by atoms with Gasteiger partial charge in [-0.3, -0.25) is 4.79 Å². The summed E-state index contributed by atoms with van der Waals surface area (Å²) < 4.78 is 39.0. The molecule has 1 atom stereocenters. The molecule has 1 unspecified atom stereocenters. The Morgan fingerprint density at radius 1 is 1.06 bits per heavy atom. The molecule has 0 spiro atoms. The number of alkyl halides is 2. The maximum atomic E-state index is 12.3. The number of esters is 1. The number of carbonyl (C=O) groups excluding carboxylic acids is 2. The van der Waals surface area contributed by atoms with Crippen LogP contribution in [0.25, 0.3) is 6.08 Å². The standard InChI is InChI=1S/C23H24F2N2O5/c1-16(31-21(28)11-4-17-2-9-20(10-3-17)32-23(24)25)22(29)26-18-5-7-19(8-6-18)27-12-14-30-15-13-27/h2-11,16,23H,12-15H2,1H3,(H,26,29)/b11-4+. The molecule has 7 nitrogen and oxygen atoms in total. The molecular formula is C23H24F2N2O5. The van der Waals surface area contributed by atoms with E-state index in [0.717, 1.165) is 24.9 Å². The van der Waals surface area contributed by atoms with Gasteiger partial charge in [0.15, 0.2) is 6.10 Å². The summed E-state index contributed by atoms with van der Waals surface area (Å²) in [6, 6.07) is 13.2. The van der Waals surface area contributed by atoms with E-state index < -0.39 is 24.6 Å². The first-order valence-electron chi connectivity index (χ1n) is 10.1. The summed E-state index contributed by atoms with van der Waals surface area (Å²) in [6.07, 6.45) is 1.60. The summed E-state index contributed by atoms with van der Waals surface area (Å²) in [5.41, 5.74) is 2.22. The van der Waals surface area contributed by atoms with E-state index in [9.17, 15) is 18.4 Å². The van der Waals surface area contributed by atoms with Crippen molar-refractivity contribution in [2.45, 2.75) is 19.6 Å². The van der Waals surface area contributed by atoms with Crippen LogP contribution < -0.4 is 15.0 Å². The molecule has 0 radical (unpaired) electrons. The first-order chi connectivity index (χ1) is 15.4. The van der Waals surface area contributed by atoms with E-state index in [1.807, 2.05) is 12.1 Å². The molecule has 2 aromatic carbocycles. The summed E-state index contributed by atoms with van der Waals surface area (Å²) in [7, 11) is 0. The van der Waals surface area contributed by atoms with Crippen molar-refractivity contribution in [1.29, 1.82) is 0 Å². The van der Waals surface area contributed by atoms with Gasteiger partial charge in [-0.1, -0.05) is 12.1 Å². The lowest BCUT2D eigenvalue weighted by Crippen LogP contribution is -2.36. The van der Waals surface area contributed by atoms with E-state index in [1.165, 1.54) is 37.3 Å². The van der Waals surface area contributed by atoms with Crippen molar-refractivity contribution in [1.82, 2.24) is 0 Å². The monoisotopic (exact) mass is 446 g/mol. The molecule has 9 heteroatoms. The molecular weight excluding hydrogens is 422 g/mol. The largest absolute Gasteiger partial charge is 0.449 e. The number of amides is 1. The first-order valence-corrected chi connectivity index (χ1v) is 10.1. The fourth-order valence-corrected chi connectivity index (χ4v) is 3.01. The van der Waals surface area contributed by atoms with Gasteiger partial charge in [-0.2, -0.15) is 8.78 Å². The Bertz CT molecular complexity index is 926. The molecule has 0 bridgehead atoms. The fraction of sp³-hybridized carbons (Fsp3) is 0.304. The highest BCUT2D eigenvalue weighted by Crippen LogP contribution is 2.19. The Morgan fingerprint density at radius 3 is 2.34 bits per heavy atom. The van der Waals surface area contributed by atoms with Gasteiger partial charge < -0.3 is 24.4 Å². The summed E-state index contributed by atoms with van der Waals surface area (Å²) >= 11 is 0. The number of hydrogen-bond donors (Lipinski definition) is 1. The van der Waals surface area contributed by atoms with Crippen LogP contribution in [0.15, 0.2) is 54.6 Å². The Morgan fingerprint density at radius 2 is 1.72 bits per heavy atom. The number of benzene rings is 2. The van der Waals surface area contributed by atoms with E-state index in [4.69, 9.17) is 9.47 Å². The van der Waals surface area contributed by atoms with Crippen LogP contribution in [0.3, 0.4) is 0 Å². The lowest BCUT2D eigenvalue weighted by molar-refractivity contribution is -0.148. The summed E-state index contributed by atoms with van der Waals surface area (Å²) in [4.78, 5) is 26.5. The normalized spacial score (nSPS) is 14.9. The van der Waals surface area contributed by atoms with Gasteiger partial charge in [0.05, 0.1) is 13.2 Å². The summed E-state index contributed by atoms with van der Waals surface area (Å²) in [5.74, 6) is -1.15. The zero-order valence-corrected chi connectivity index (χ0v) is 17.5. The zero-order chi connectivity index (χ0) is 22.9. The molecule has 170 valence electrons. The van der Waals surface area contributed by atoms with E-state index in [1.54, 1.807) is 12.1 Å². The number of hydrogen-bond acceptors (Lipinski definition) is 6. The van der Waals surface area contributed by atoms with E-state index in [2.05, 4.69) is 15.0 Å². The van der Waals surface area contributed by atoms with Crippen molar-refractivity contribution in [2.75, 3.05) is 36.5 Å². The van der Waals surface area contributed by atoms with Gasteiger partial charge in [-0.05, 0) is 55.0 Å². The molecule has 1 aliphatic rings. The molecule has 32 heavy (non-hydrogen) atoms. The molecule has 0 aromatic heterocycles. The van der Waals surface area contributed by atoms with Crippen LogP contribution in [0.1, 0.15) is 12.5 Å². The molecule has 1 fully saturated rings. The van der Waals surface area contributed by atoms with Crippen molar-refractivity contribution >= 4 is 29.3 Å². The SMILES string of the molecule is CC(OC(=O)/C=C/c1ccc(OC(F)F)cc1)C(=O)Nc1ccc(N2CCOCC2)cc1. The number of anilines is 2. The maximum Gasteiger partial charge on any atom is 0.387 e. The van der Waals surface area contributed by atoms with Crippen LogP contribution >= 0.6 is 0 Å². The van der Waals surface area contributed by atoms with Gasteiger partial charge in [0, 0.05) is 30.5 Å². The minimum atomic E-state index is -2.90. The first kappa shape index (κ1) is 23.2. The number of ether oxygens (including phenoxy) is 3. The number of carbonyl (C=O) groups is 2. The average molecular weight is 446 g/mol. The molecule has 1 saturated heterocycles. The second kappa shape index (κ2) is 11.2. The lowest BCUT2D eigenvalue weighted by atomic mass is 10.2. The second-order valence-electron chi connectivity index (χ2n) is 7.00. The molecule has 1 aliphatic heterocycles. The average Bonchev–Trinajstić information content (AvgIpc) is 2.79. The van der Waals surface area contributed by atoms with Gasteiger partial charge >= 0.3 is 12.6 Å². The van der Waals surface area contributed by atoms with Crippen molar-refractivity contribution in [2.24, 2.45) is 0 Å². The predicted octanol–water partition coefficient (Wildman–Crippen LogP) is 3.71. The highest BCUT2D eigenvalue weighted by Gasteiger charge is 2.17. The third-order valence-corrected chi connectivity index (χ3v) is 4.69. The van der Waals surface area contributed by atoms with Crippen LogP contribution in [0.4, 0.5) is 20.2 Å². The van der Waals surface area contributed by atoms with Gasteiger partial charge in [-0.15, -0.1) is 0 Å². The van der Waals surface area contributed by atoms with Gasteiger partial charge in [0.2, 0.25) is 0 Å². The Kier molecular flexibility index (Phi) is 8.15. The van der Waals surface area contributed by atoms with Gasteiger partial charge in [0.25, 0.3) is 5.91 Å². The third kappa shape index (κ3) is 7.05. The third-order valence-electron chi connectivity index (χ3n) is 4.69. The van der Waals surface area contributed by atoms with Gasteiger partial charge in [0.1, 0.15) is 5.75 Å². The van der Waals surface area contributed by atoms with Crippen molar-refractivity contribution in [3.05, 3.63) is 60.2 Å². The molecule has 2 aromatic rings. The predicted molar refractivity (Wildman–Crippen MR) is 116 cm³/mol. The van der Waals surface area contributed by atoms with Crippen LogP contribution in [0.5, 0.6) is 5.75 Å². The molecule has 1 N–H and O–H groups in total. The Balaban J connectivity index is 1.47. The van der Waals surface area contributed by atoms with E-state index in [-0.39, 0.29) is 5.75 Å². The molecule has 0 saturated carbocycles. The Labute approximate surface area is 184 Å². The quantitative estimate of drug-likeness (QED) is 0.492. The van der Waals surface area contributed by atoms with Crippen molar-refractivity contribution in [3.8, 4) is 5.75 Å². The molecule has 1 heterocycles. The topological polar surface area (TPSA) is 77.1 Å². The van der Waals surface area contributed by atoms with E-state index in [0.29, 0.717) is 24.5 Å². The minimum Gasteiger partial charge on any atom is -0.449 e. The maximum absolute atomic E-state index is 12.3. The van der Waals surface area contributed by atoms with E-state index >= 15 is 0 Å². The van der Waals surface area contributed by atoms with Crippen molar-refractivity contribution < 1.29 is 32.6 Å². The fourth-order valence-electron chi connectivity index (χ4n) is 3.01. The number of rotatable bonds is 8. The smallest absolute Gasteiger partial charge is 0.387 e. The highest BCUT2D eigenvalue weighted by molar-refractivity contribution is 5.96. The van der Waals surface area contributed by atoms with Crippen LogP contribution in [-0.4, -0.2) is 50.9 Å². The Hall–Kier alpha value is -3.46. The molecule has 3 rings (SSSR count). The summed E-state index contributed by atoms with van der Waals surface area (Å²) in [6.45, 7) is 1.59. The summed E-state index contributed by atoms with van der Waals surface area (Å²) in [5, 5.41) is 2.71. The van der Waals surface area contributed by atoms with Crippen LogP contribution in [0.2, 0.25) is 0 Å². The number of nitrogens with one attached hydrogen (secondary N) is 1. The molecule has 0 aliphatic carbocycles. The van der Waals surface area contributed by atoms with Crippen LogP contribution in [0, 0.1) is 0 Å². The number of nitrogens with zero attached hydrogens (tertiary/aromatic N) is 1. The van der Waals surface area contributed by atoms with Crippen molar-refractivity contribution in [3.63, 3.8) is 0 Å². The molecule has 1 amide bonds. The minimum absolute atomic E-state index is 0.0167. The second-order valence-corrected chi connectivity index (χ2v) is 7.00. The highest BCUT2D eigenvalue weighted by atomic mass is 19.3. The van der Waals surface area contributed by atoms with Gasteiger partial charge in [-0.25, -0.2) is 4.79 Å². The number of morpholine rings is 1. The number of halogens is 2. The zero-order valence-electron chi connectivity index (χ0n) is 17.5. The van der Waals surface area contributed by atoms with Crippen LogP contribution in [-0.2, 0) is 19.1 Å². The lowest BCUT2D eigenvalue weighted by Gasteiger charge is -2.28.